The van der Waals surface area contributed by atoms with Crippen LogP contribution in [0.1, 0.15) is 5.69 Å². The topological polar surface area (TPSA) is 47.9 Å². The Morgan fingerprint density at radius 3 is 3.07 bits per heavy atom. The lowest BCUT2D eigenvalue weighted by Crippen LogP contribution is -1.93. The van der Waals surface area contributed by atoms with E-state index in [-0.39, 0.29) is 0 Å². The Labute approximate surface area is 89.7 Å². The molecule has 0 saturated heterocycles. The number of fused-ring (bicyclic) bond motifs is 1. The molecule has 0 aliphatic rings. The highest BCUT2D eigenvalue weighted by molar-refractivity contribution is 8.00. The summed E-state index contributed by atoms with van der Waals surface area (Å²) in [7, 11) is 1.66. The average Bonchev–Trinajstić information content (AvgIpc) is 2.62. The summed E-state index contributed by atoms with van der Waals surface area (Å²) < 4.78 is 7.10. The summed E-state index contributed by atoms with van der Waals surface area (Å²) in [6.07, 6.45) is 3.53. The highest BCUT2D eigenvalue weighted by Gasteiger charge is 2.09. The Hall–Kier alpha value is -0.720. The van der Waals surface area contributed by atoms with Crippen LogP contribution in [0.2, 0.25) is 0 Å². The van der Waals surface area contributed by atoms with Crippen molar-refractivity contribution in [1.82, 2.24) is 15.0 Å². The van der Waals surface area contributed by atoms with Gasteiger partial charge in [-0.15, -0.1) is 11.3 Å². The van der Waals surface area contributed by atoms with Gasteiger partial charge in [0.05, 0.1) is 17.0 Å². The van der Waals surface area contributed by atoms with Gasteiger partial charge < -0.3 is 4.74 Å². The van der Waals surface area contributed by atoms with E-state index in [4.69, 9.17) is 4.74 Å². The maximum Gasteiger partial charge on any atom is 0.175 e. The standard InChI is InChI=1S/C8H9N3OS2/c1-12-3-5-6-7(10-4-9-5)11-8(13-2)14-6/h4H,3H2,1-2H3. The van der Waals surface area contributed by atoms with Crippen LogP contribution < -0.4 is 0 Å². The number of nitrogens with zero attached hydrogens (tertiary/aromatic N) is 3. The average molecular weight is 227 g/mol. The first-order chi connectivity index (χ1) is 6.85. The fraction of sp³-hybridized carbons (Fsp3) is 0.375. The van der Waals surface area contributed by atoms with Gasteiger partial charge in [-0.2, -0.15) is 0 Å². The molecule has 0 aromatic carbocycles. The van der Waals surface area contributed by atoms with Crippen LogP contribution >= 0.6 is 23.1 Å². The van der Waals surface area contributed by atoms with E-state index in [1.54, 1.807) is 30.2 Å². The van der Waals surface area contributed by atoms with Gasteiger partial charge in [-0.05, 0) is 6.26 Å². The minimum atomic E-state index is 0.509. The van der Waals surface area contributed by atoms with Gasteiger partial charge in [0.1, 0.15) is 6.33 Å². The molecule has 74 valence electrons. The molecule has 2 heterocycles. The van der Waals surface area contributed by atoms with Crippen molar-refractivity contribution in [3.05, 3.63) is 12.0 Å². The van der Waals surface area contributed by atoms with E-state index in [0.717, 1.165) is 20.4 Å². The van der Waals surface area contributed by atoms with Gasteiger partial charge in [0.2, 0.25) is 0 Å². The molecule has 2 aromatic rings. The number of thioether (sulfide) groups is 1. The number of methoxy groups -OCH3 is 1. The number of thiazole rings is 1. The molecule has 6 heteroatoms. The molecule has 0 amide bonds. The van der Waals surface area contributed by atoms with E-state index in [1.165, 1.54) is 6.33 Å². The Bertz CT molecular complexity index is 443. The highest BCUT2D eigenvalue weighted by atomic mass is 32.2. The molecule has 0 aliphatic carbocycles. The first-order valence-electron chi connectivity index (χ1n) is 3.98. The summed E-state index contributed by atoms with van der Waals surface area (Å²) >= 11 is 3.23. The van der Waals surface area contributed by atoms with Crippen molar-refractivity contribution < 1.29 is 4.74 Å². The third kappa shape index (κ3) is 1.73. The van der Waals surface area contributed by atoms with E-state index in [0.29, 0.717) is 6.61 Å². The zero-order chi connectivity index (χ0) is 9.97. The molecule has 0 fully saturated rings. The first kappa shape index (κ1) is 9.82. The molecule has 0 radical (unpaired) electrons. The van der Waals surface area contributed by atoms with Crippen molar-refractivity contribution in [2.75, 3.05) is 13.4 Å². The van der Waals surface area contributed by atoms with Gasteiger partial charge in [0.15, 0.2) is 9.99 Å². The molecule has 2 rings (SSSR count). The maximum atomic E-state index is 5.06. The number of hydrogen-bond acceptors (Lipinski definition) is 6. The second-order valence-corrected chi connectivity index (χ2v) is 4.64. The highest BCUT2D eigenvalue weighted by Crippen LogP contribution is 2.28. The molecule has 14 heavy (non-hydrogen) atoms. The Balaban J connectivity index is 2.55. The minimum Gasteiger partial charge on any atom is -0.378 e. The quantitative estimate of drug-likeness (QED) is 0.750. The van der Waals surface area contributed by atoms with Crippen molar-refractivity contribution in [1.29, 1.82) is 0 Å². The lowest BCUT2D eigenvalue weighted by molar-refractivity contribution is 0.183. The summed E-state index contributed by atoms with van der Waals surface area (Å²) in [4.78, 5) is 12.6. The molecule has 0 unspecified atom stereocenters. The van der Waals surface area contributed by atoms with Gasteiger partial charge >= 0.3 is 0 Å². The first-order valence-corrected chi connectivity index (χ1v) is 6.02. The lowest BCUT2D eigenvalue weighted by Gasteiger charge is -1.97. The monoisotopic (exact) mass is 227 g/mol. The smallest absolute Gasteiger partial charge is 0.175 e. The fourth-order valence-electron chi connectivity index (χ4n) is 1.11. The number of aromatic nitrogens is 3. The van der Waals surface area contributed by atoms with E-state index in [9.17, 15) is 0 Å². The van der Waals surface area contributed by atoms with Crippen LogP contribution in [-0.4, -0.2) is 28.3 Å². The van der Waals surface area contributed by atoms with Crippen molar-refractivity contribution >= 4 is 33.4 Å². The third-order valence-electron chi connectivity index (χ3n) is 1.70. The molecule has 0 atom stereocenters. The Kier molecular flexibility index (Phi) is 2.95. The summed E-state index contributed by atoms with van der Waals surface area (Å²) in [5.41, 5.74) is 1.68. The molecule has 0 aliphatic heterocycles. The second-order valence-electron chi connectivity index (χ2n) is 2.59. The lowest BCUT2D eigenvalue weighted by atomic mass is 10.4. The van der Waals surface area contributed by atoms with E-state index in [2.05, 4.69) is 15.0 Å². The normalized spacial score (nSPS) is 11.0. The molecule has 0 spiro atoms. The van der Waals surface area contributed by atoms with Crippen LogP contribution in [0.4, 0.5) is 0 Å². The van der Waals surface area contributed by atoms with Gasteiger partial charge in [-0.1, -0.05) is 11.8 Å². The van der Waals surface area contributed by atoms with Gasteiger partial charge in [0.25, 0.3) is 0 Å². The van der Waals surface area contributed by atoms with Crippen molar-refractivity contribution in [3.8, 4) is 0 Å². The third-order valence-corrected chi connectivity index (χ3v) is 3.78. The van der Waals surface area contributed by atoms with Crippen LogP contribution in [0, 0.1) is 0 Å². The zero-order valence-electron chi connectivity index (χ0n) is 7.85. The molecule has 0 saturated carbocycles. The van der Waals surface area contributed by atoms with Crippen LogP contribution in [0.3, 0.4) is 0 Å². The van der Waals surface area contributed by atoms with Crippen LogP contribution in [0.15, 0.2) is 10.7 Å². The van der Waals surface area contributed by atoms with E-state index >= 15 is 0 Å². The number of rotatable bonds is 3. The second kappa shape index (κ2) is 4.20. The predicted octanol–water partition coefficient (Wildman–Crippen LogP) is 1.95. The van der Waals surface area contributed by atoms with Gasteiger partial charge in [-0.3, -0.25) is 0 Å². The van der Waals surface area contributed by atoms with Crippen molar-refractivity contribution in [2.45, 2.75) is 10.9 Å². The predicted molar refractivity (Wildman–Crippen MR) is 57.7 cm³/mol. The molecule has 0 N–H and O–H groups in total. The SMILES string of the molecule is COCc1ncnc2nc(SC)sc12. The van der Waals surface area contributed by atoms with Crippen LogP contribution in [0.25, 0.3) is 10.3 Å². The zero-order valence-corrected chi connectivity index (χ0v) is 9.48. The molecule has 0 bridgehead atoms. The van der Waals surface area contributed by atoms with Crippen molar-refractivity contribution in [2.24, 2.45) is 0 Å². The summed E-state index contributed by atoms with van der Waals surface area (Å²) in [6.45, 7) is 0.509. The Morgan fingerprint density at radius 2 is 2.36 bits per heavy atom. The molecule has 4 nitrogen and oxygen atoms in total. The van der Waals surface area contributed by atoms with E-state index < -0.39 is 0 Å². The maximum absolute atomic E-state index is 5.06. The minimum absolute atomic E-state index is 0.509. The molecular formula is C8H9N3OS2. The fourth-order valence-corrected chi connectivity index (χ4v) is 2.59. The van der Waals surface area contributed by atoms with Crippen LogP contribution in [0.5, 0.6) is 0 Å². The summed E-state index contributed by atoms with van der Waals surface area (Å²) in [6, 6.07) is 0. The van der Waals surface area contributed by atoms with Gasteiger partial charge in [0, 0.05) is 7.11 Å². The van der Waals surface area contributed by atoms with E-state index in [1.807, 2.05) is 6.26 Å². The largest absolute Gasteiger partial charge is 0.378 e. The van der Waals surface area contributed by atoms with Crippen LogP contribution in [-0.2, 0) is 11.3 Å². The number of ether oxygens (including phenoxy) is 1. The summed E-state index contributed by atoms with van der Waals surface area (Å²) in [5, 5.41) is 0. The Morgan fingerprint density at radius 1 is 1.50 bits per heavy atom. The molecular weight excluding hydrogens is 218 g/mol. The summed E-state index contributed by atoms with van der Waals surface area (Å²) in [5.74, 6) is 0. The van der Waals surface area contributed by atoms with Gasteiger partial charge in [-0.25, -0.2) is 15.0 Å². The number of hydrogen-bond donors (Lipinski definition) is 0. The molecule has 2 aromatic heterocycles. The van der Waals surface area contributed by atoms with Crippen molar-refractivity contribution in [3.63, 3.8) is 0 Å².